The van der Waals surface area contributed by atoms with Gasteiger partial charge in [0.2, 0.25) is 0 Å². The molecule has 14 heteroatoms. The van der Waals surface area contributed by atoms with Gasteiger partial charge in [-0.2, -0.15) is 0 Å². The van der Waals surface area contributed by atoms with Gasteiger partial charge in [0.1, 0.15) is 10.7 Å². The van der Waals surface area contributed by atoms with Crippen LogP contribution in [-0.4, -0.2) is 71.7 Å². The van der Waals surface area contributed by atoms with E-state index in [1.807, 2.05) is 0 Å². The third-order valence-electron chi connectivity index (χ3n) is 6.46. The van der Waals surface area contributed by atoms with Crippen LogP contribution in [0.3, 0.4) is 0 Å². The second-order valence-electron chi connectivity index (χ2n) is 9.10. The molecule has 3 N–H and O–H groups in total. The molecule has 2 unspecified atom stereocenters. The summed E-state index contributed by atoms with van der Waals surface area (Å²) >= 11 is 0.891. The van der Waals surface area contributed by atoms with Gasteiger partial charge >= 0.3 is 12.1 Å². The van der Waals surface area contributed by atoms with Gasteiger partial charge in [-0.15, -0.1) is 0 Å². The number of ether oxygens (including phenoxy) is 2. The predicted molar refractivity (Wildman–Crippen MR) is 134 cm³/mol. The molecule has 0 bridgehead atoms. The van der Waals surface area contributed by atoms with Crippen LogP contribution in [0, 0.1) is 0 Å². The number of hydrogen-bond acceptors (Lipinski definition) is 9. The number of carbonyl (C=O) groups is 3. The molecule has 1 saturated heterocycles. The SMILES string of the molecule is O=C(O)c1ccc2c(n1)SC(NC(=O)C(OC1CCOCC1)c1ccc(S(=O)(=O)C3CC3)cc1)N2C(=O)O. The summed E-state index contributed by atoms with van der Waals surface area (Å²) in [6, 6.07) is 8.50. The number of thioether (sulfide) groups is 1. The van der Waals surface area contributed by atoms with Crippen LogP contribution >= 0.6 is 11.8 Å². The minimum Gasteiger partial charge on any atom is -0.477 e. The van der Waals surface area contributed by atoms with Crippen molar-refractivity contribution in [3.63, 3.8) is 0 Å². The van der Waals surface area contributed by atoms with Gasteiger partial charge in [0.15, 0.2) is 21.4 Å². The van der Waals surface area contributed by atoms with E-state index < -0.39 is 39.4 Å². The number of aromatic carboxylic acids is 1. The molecule has 1 saturated carbocycles. The molecule has 3 aliphatic rings. The van der Waals surface area contributed by atoms with Gasteiger partial charge in [-0.1, -0.05) is 23.9 Å². The summed E-state index contributed by atoms with van der Waals surface area (Å²) in [7, 11) is -3.41. The van der Waals surface area contributed by atoms with Gasteiger partial charge in [-0.25, -0.2) is 27.9 Å². The van der Waals surface area contributed by atoms with Crippen molar-refractivity contribution in [3.8, 4) is 0 Å². The Hall–Kier alpha value is -3.20. The lowest BCUT2D eigenvalue weighted by molar-refractivity contribution is -0.141. The maximum absolute atomic E-state index is 13.5. The van der Waals surface area contributed by atoms with Gasteiger partial charge in [0.25, 0.3) is 5.91 Å². The van der Waals surface area contributed by atoms with Gasteiger partial charge in [0, 0.05) is 13.2 Å². The minimum atomic E-state index is -3.41. The number of nitrogens with one attached hydrogen (secondary N) is 1. The highest BCUT2D eigenvalue weighted by Crippen LogP contribution is 2.41. The Morgan fingerprint density at radius 2 is 1.74 bits per heavy atom. The number of carboxylic acid groups (broad SMARTS) is 2. The average Bonchev–Trinajstić information content (AvgIpc) is 3.69. The number of carboxylic acids is 1. The van der Waals surface area contributed by atoms with E-state index in [1.54, 1.807) is 0 Å². The van der Waals surface area contributed by atoms with Crippen molar-refractivity contribution in [2.45, 2.75) is 58.6 Å². The molecule has 1 aromatic heterocycles. The van der Waals surface area contributed by atoms with Crippen molar-refractivity contribution in [1.82, 2.24) is 10.3 Å². The topological polar surface area (TPSA) is 172 Å². The molecule has 12 nitrogen and oxygen atoms in total. The van der Waals surface area contributed by atoms with Crippen LogP contribution in [0.4, 0.5) is 10.5 Å². The van der Waals surface area contributed by atoms with Crippen molar-refractivity contribution in [3.05, 3.63) is 47.7 Å². The Bertz CT molecular complexity index is 1360. The number of benzene rings is 1. The molecule has 3 heterocycles. The van der Waals surface area contributed by atoms with Crippen LogP contribution in [0.1, 0.15) is 47.8 Å². The molecule has 1 aliphatic carbocycles. The lowest BCUT2D eigenvalue weighted by atomic mass is 10.1. The summed E-state index contributed by atoms with van der Waals surface area (Å²) in [5.41, 5.74) is -0.816. The Labute approximate surface area is 222 Å². The molecule has 202 valence electrons. The van der Waals surface area contributed by atoms with Gasteiger partial charge < -0.3 is 25.0 Å². The van der Waals surface area contributed by atoms with Gasteiger partial charge in [0.05, 0.1) is 21.9 Å². The van der Waals surface area contributed by atoms with Crippen molar-refractivity contribution in [1.29, 1.82) is 0 Å². The van der Waals surface area contributed by atoms with E-state index in [9.17, 15) is 33.0 Å². The summed E-state index contributed by atoms with van der Waals surface area (Å²) in [6.07, 6.45) is -0.423. The third-order valence-corrected chi connectivity index (χ3v) is 9.81. The standard InChI is InChI=1S/C24H25N3O9S2/c28-20(26-23-27(24(31)32)18-8-7-17(22(29)30)25-21(18)37-23)19(36-14-9-11-35-12-10-14)13-1-3-15(4-2-13)38(33,34)16-5-6-16/h1-4,7-8,14,16,19,23H,5-6,9-12H2,(H,26,28)(H,29,30)(H,31,32). The first-order chi connectivity index (χ1) is 18.1. The second kappa shape index (κ2) is 10.5. The molecule has 2 amide bonds. The van der Waals surface area contributed by atoms with E-state index in [-0.39, 0.29) is 32.7 Å². The highest BCUT2D eigenvalue weighted by atomic mass is 32.2. The van der Waals surface area contributed by atoms with Crippen molar-refractivity contribution >= 4 is 45.3 Å². The molecule has 1 aromatic carbocycles. The Morgan fingerprint density at radius 3 is 2.34 bits per heavy atom. The van der Waals surface area contributed by atoms with Gasteiger partial charge in [-0.3, -0.25) is 4.79 Å². The fourth-order valence-corrected chi connectivity index (χ4v) is 7.09. The summed E-state index contributed by atoms with van der Waals surface area (Å²) in [5, 5.41) is 21.5. The number of sulfone groups is 1. The molecular formula is C24H25N3O9S2. The molecule has 2 aliphatic heterocycles. The van der Waals surface area contributed by atoms with Crippen molar-refractivity contribution < 1.29 is 42.5 Å². The normalized spacial score (nSPS) is 20.5. The van der Waals surface area contributed by atoms with Crippen molar-refractivity contribution in [2.24, 2.45) is 0 Å². The molecule has 5 rings (SSSR count). The first kappa shape index (κ1) is 26.4. The van der Waals surface area contributed by atoms with Crippen LogP contribution < -0.4 is 10.2 Å². The van der Waals surface area contributed by atoms with E-state index in [1.165, 1.54) is 36.4 Å². The summed E-state index contributed by atoms with van der Waals surface area (Å²) in [5.74, 6) is -1.90. The molecule has 0 radical (unpaired) electrons. The number of aromatic nitrogens is 1. The van der Waals surface area contributed by atoms with Crippen LogP contribution in [0.25, 0.3) is 0 Å². The summed E-state index contributed by atoms with van der Waals surface area (Å²) < 4.78 is 36.7. The first-order valence-corrected chi connectivity index (χ1v) is 14.4. The van der Waals surface area contributed by atoms with Crippen LogP contribution in [0.15, 0.2) is 46.3 Å². The van der Waals surface area contributed by atoms with Crippen molar-refractivity contribution in [2.75, 3.05) is 18.1 Å². The number of hydrogen-bond donors (Lipinski definition) is 3. The second-order valence-corrected chi connectivity index (χ2v) is 12.4. The highest BCUT2D eigenvalue weighted by Gasteiger charge is 2.40. The Morgan fingerprint density at radius 1 is 1.05 bits per heavy atom. The van der Waals surface area contributed by atoms with E-state index in [2.05, 4.69) is 10.3 Å². The number of amides is 2. The maximum Gasteiger partial charge on any atom is 0.414 e. The first-order valence-electron chi connectivity index (χ1n) is 12.0. The summed E-state index contributed by atoms with van der Waals surface area (Å²) in [6.45, 7) is 0.936. The number of rotatable bonds is 8. The number of nitrogens with zero attached hydrogens (tertiary/aromatic N) is 2. The quantitative estimate of drug-likeness (QED) is 0.431. The monoisotopic (exact) mass is 563 g/mol. The van der Waals surface area contributed by atoms with E-state index >= 15 is 0 Å². The van der Waals surface area contributed by atoms with Crippen LogP contribution in [0.5, 0.6) is 0 Å². The smallest absolute Gasteiger partial charge is 0.414 e. The number of fused-ring (bicyclic) bond motifs is 1. The minimum absolute atomic E-state index is 0.147. The number of pyridine rings is 1. The lowest BCUT2D eigenvalue weighted by Gasteiger charge is -2.29. The maximum atomic E-state index is 13.5. The zero-order valence-corrected chi connectivity index (χ0v) is 21.6. The number of anilines is 1. The zero-order chi connectivity index (χ0) is 27.0. The fourth-order valence-electron chi connectivity index (χ4n) is 4.30. The molecule has 0 spiro atoms. The highest BCUT2D eigenvalue weighted by molar-refractivity contribution is 8.00. The van der Waals surface area contributed by atoms with Crippen LogP contribution in [0.2, 0.25) is 0 Å². The number of carbonyl (C=O) groups excluding carboxylic acids is 1. The van der Waals surface area contributed by atoms with E-state index in [4.69, 9.17) is 9.47 Å². The van der Waals surface area contributed by atoms with E-state index in [0.717, 1.165) is 16.7 Å². The predicted octanol–water partition coefficient (Wildman–Crippen LogP) is 2.64. The molecular weight excluding hydrogens is 538 g/mol. The summed E-state index contributed by atoms with van der Waals surface area (Å²) in [4.78, 5) is 41.9. The molecule has 38 heavy (non-hydrogen) atoms. The van der Waals surface area contributed by atoms with Gasteiger partial charge in [-0.05, 0) is 55.5 Å². The molecule has 2 atom stereocenters. The fraction of sp³-hybridized carbons (Fsp3) is 0.417. The Kier molecular flexibility index (Phi) is 7.31. The molecule has 2 aromatic rings. The lowest BCUT2D eigenvalue weighted by Crippen LogP contribution is -2.48. The van der Waals surface area contributed by atoms with E-state index in [0.29, 0.717) is 44.5 Å². The molecule has 2 fully saturated rings. The largest absolute Gasteiger partial charge is 0.477 e. The Balaban J connectivity index is 1.39. The van der Waals surface area contributed by atoms with Crippen LogP contribution in [-0.2, 0) is 24.1 Å². The average molecular weight is 564 g/mol. The zero-order valence-electron chi connectivity index (χ0n) is 20.0. The third kappa shape index (κ3) is 5.34.